The summed E-state index contributed by atoms with van der Waals surface area (Å²) in [6, 6.07) is 10.1. The van der Waals surface area contributed by atoms with Gasteiger partial charge in [-0.05, 0) is 57.6 Å². The van der Waals surface area contributed by atoms with Crippen LogP contribution in [0.1, 0.15) is 51.6 Å². The third-order valence-corrected chi connectivity index (χ3v) is 3.94. The fraction of sp³-hybridized carbons (Fsp3) is 0.588. The number of rotatable bonds is 5. The molecule has 1 unspecified atom stereocenters. The maximum atomic E-state index is 12.2. The Balaban J connectivity index is 2.16. The van der Waals surface area contributed by atoms with E-state index in [0.29, 0.717) is 6.54 Å². The van der Waals surface area contributed by atoms with Crippen molar-refractivity contribution in [2.45, 2.75) is 51.7 Å². The Morgan fingerprint density at radius 2 is 1.95 bits per heavy atom. The predicted molar refractivity (Wildman–Crippen MR) is 83.9 cm³/mol. The van der Waals surface area contributed by atoms with Crippen LogP contribution in [0.2, 0.25) is 0 Å². The highest BCUT2D eigenvalue weighted by atomic mass is 16.6. The highest BCUT2D eigenvalue weighted by Gasteiger charge is 2.50. The second-order valence-corrected chi connectivity index (χ2v) is 6.89. The van der Waals surface area contributed by atoms with Gasteiger partial charge in [0.2, 0.25) is 0 Å². The highest BCUT2D eigenvalue weighted by Crippen LogP contribution is 2.57. The largest absolute Gasteiger partial charge is 0.444 e. The van der Waals surface area contributed by atoms with Crippen LogP contribution in [0.3, 0.4) is 0 Å². The van der Waals surface area contributed by atoms with Crippen molar-refractivity contribution in [2.75, 3.05) is 6.54 Å². The van der Waals surface area contributed by atoms with Gasteiger partial charge in [0.15, 0.2) is 0 Å². The number of hydrogen-bond donors (Lipinski definition) is 2. The number of nitrogens with one attached hydrogen (secondary N) is 1. The molecule has 0 heterocycles. The van der Waals surface area contributed by atoms with Crippen molar-refractivity contribution < 1.29 is 9.53 Å². The summed E-state index contributed by atoms with van der Waals surface area (Å²) in [7, 11) is 0. The van der Waals surface area contributed by atoms with Gasteiger partial charge in [-0.2, -0.15) is 0 Å². The van der Waals surface area contributed by atoms with E-state index in [9.17, 15) is 4.79 Å². The second kappa shape index (κ2) is 6.06. The lowest BCUT2D eigenvalue weighted by molar-refractivity contribution is 0.0476. The maximum absolute atomic E-state index is 12.2. The van der Waals surface area contributed by atoms with Crippen molar-refractivity contribution in [3.63, 3.8) is 0 Å². The molecule has 1 aliphatic rings. The van der Waals surface area contributed by atoms with Crippen LogP contribution >= 0.6 is 0 Å². The van der Waals surface area contributed by atoms with Gasteiger partial charge in [-0.1, -0.05) is 30.3 Å². The summed E-state index contributed by atoms with van der Waals surface area (Å²) >= 11 is 0. The Labute approximate surface area is 127 Å². The minimum Gasteiger partial charge on any atom is -0.444 e. The van der Waals surface area contributed by atoms with Gasteiger partial charge in [0.05, 0.1) is 6.04 Å². The zero-order chi connectivity index (χ0) is 15.5. The van der Waals surface area contributed by atoms with E-state index in [4.69, 9.17) is 10.5 Å². The van der Waals surface area contributed by atoms with E-state index in [2.05, 4.69) is 17.4 Å². The van der Waals surface area contributed by atoms with Crippen LogP contribution in [0.5, 0.6) is 0 Å². The summed E-state index contributed by atoms with van der Waals surface area (Å²) in [5, 5.41) is 3.06. The van der Waals surface area contributed by atoms with Gasteiger partial charge in [-0.15, -0.1) is 0 Å². The summed E-state index contributed by atoms with van der Waals surface area (Å²) in [6.07, 6.45) is 2.75. The molecule has 4 nitrogen and oxygen atoms in total. The molecule has 116 valence electrons. The Kier molecular flexibility index (Phi) is 4.57. The lowest BCUT2D eigenvalue weighted by Gasteiger charge is -2.29. The first kappa shape index (κ1) is 15.8. The van der Waals surface area contributed by atoms with Crippen LogP contribution in [0.25, 0.3) is 0 Å². The molecule has 0 radical (unpaired) electrons. The normalized spacial score (nSPS) is 17.9. The van der Waals surface area contributed by atoms with Crippen molar-refractivity contribution in [3.8, 4) is 0 Å². The van der Waals surface area contributed by atoms with E-state index < -0.39 is 5.60 Å². The molecular weight excluding hydrogens is 264 g/mol. The molecule has 1 aliphatic carbocycles. The zero-order valence-corrected chi connectivity index (χ0v) is 13.2. The van der Waals surface area contributed by atoms with Gasteiger partial charge in [0.1, 0.15) is 5.60 Å². The molecule has 0 bridgehead atoms. The molecule has 1 amide bonds. The van der Waals surface area contributed by atoms with Crippen LogP contribution in [-0.2, 0) is 4.74 Å². The topological polar surface area (TPSA) is 64.3 Å². The number of hydrogen-bond acceptors (Lipinski definition) is 3. The standard InChI is InChI=1S/C17H26N2O2/c1-16(2,3)21-15(20)19-14(13-7-5-4-6-8-13)17(9-10-17)11-12-18/h4-8,14H,9-12,18H2,1-3H3,(H,19,20). The molecule has 1 fully saturated rings. The Morgan fingerprint density at radius 1 is 1.33 bits per heavy atom. The Hall–Kier alpha value is -1.55. The first-order valence-corrected chi connectivity index (χ1v) is 7.61. The van der Waals surface area contributed by atoms with E-state index in [-0.39, 0.29) is 17.6 Å². The molecule has 0 aromatic heterocycles. The summed E-state index contributed by atoms with van der Waals surface area (Å²) in [4.78, 5) is 12.2. The summed E-state index contributed by atoms with van der Waals surface area (Å²) in [5.74, 6) is 0. The number of benzene rings is 1. The fourth-order valence-electron chi connectivity index (χ4n) is 2.79. The van der Waals surface area contributed by atoms with Gasteiger partial charge in [0, 0.05) is 0 Å². The van der Waals surface area contributed by atoms with Crippen LogP contribution < -0.4 is 11.1 Å². The number of alkyl carbamates (subject to hydrolysis) is 1. The van der Waals surface area contributed by atoms with Gasteiger partial charge < -0.3 is 15.8 Å². The monoisotopic (exact) mass is 290 g/mol. The number of carbonyl (C=O) groups excluding carboxylic acids is 1. The van der Waals surface area contributed by atoms with Gasteiger partial charge in [0.25, 0.3) is 0 Å². The SMILES string of the molecule is CC(C)(C)OC(=O)NC(c1ccccc1)C1(CCN)CC1. The third-order valence-electron chi connectivity index (χ3n) is 3.94. The molecule has 2 rings (SSSR count). The third kappa shape index (κ3) is 4.21. The molecule has 21 heavy (non-hydrogen) atoms. The molecular formula is C17H26N2O2. The smallest absolute Gasteiger partial charge is 0.408 e. The molecule has 1 saturated carbocycles. The van der Waals surface area contributed by atoms with E-state index in [1.807, 2.05) is 39.0 Å². The summed E-state index contributed by atoms with van der Waals surface area (Å²) < 4.78 is 5.41. The Bertz CT molecular complexity index is 475. The van der Waals surface area contributed by atoms with E-state index in [1.54, 1.807) is 0 Å². The van der Waals surface area contributed by atoms with Crippen LogP contribution in [-0.4, -0.2) is 18.2 Å². The van der Waals surface area contributed by atoms with Crippen molar-refractivity contribution in [1.82, 2.24) is 5.32 Å². The van der Waals surface area contributed by atoms with Crippen molar-refractivity contribution in [1.29, 1.82) is 0 Å². The van der Waals surface area contributed by atoms with E-state index in [0.717, 1.165) is 24.8 Å². The van der Waals surface area contributed by atoms with E-state index in [1.165, 1.54) is 0 Å². The highest BCUT2D eigenvalue weighted by molar-refractivity contribution is 5.68. The lowest BCUT2D eigenvalue weighted by Crippen LogP contribution is -2.39. The minimum atomic E-state index is -0.490. The fourth-order valence-corrected chi connectivity index (χ4v) is 2.79. The first-order chi connectivity index (χ1) is 9.86. The van der Waals surface area contributed by atoms with Crippen molar-refractivity contribution in [2.24, 2.45) is 11.1 Å². The Morgan fingerprint density at radius 3 is 2.43 bits per heavy atom. The number of nitrogens with two attached hydrogens (primary N) is 1. The van der Waals surface area contributed by atoms with Crippen LogP contribution in [0.4, 0.5) is 4.79 Å². The summed E-state index contributed by atoms with van der Waals surface area (Å²) in [6.45, 7) is 6.25. The number of amides is 1. The molecule has 1 aromatic carbocycles. The van der Waals surface area contributed by atoms with E-state index >= 15 is 0 Å². The average Bonchev–Trinajstić information content (AvgIpc) is 3.16. The molecule has 0 spiro atoms. The molecule has 1 atom stereocenters. The zero-order valence-electron chi connectivity index (χ0n) is 13.2. The molecule has 3 N–H and O–H groups in total. The predicted octanol–water partition coefficient (Wildman–Crippen LogP) is 3.38. The van der Waals surface area contributed by atoms with Crippen LogP contribution in [0, 0.1) is 5.41 Å². The molecule has 0 saturated heterocycles. The number of carbonyl (C=O) groups is 1. The summed E-state index contributed by atoms with van der Waals surface area (Å²) in [5.41, 5.74) is 6.48. The maximum Gasteiger partial charge on any atom is 0.408 e. The second-order valence-electron chi connectivity index (χ2n) is 6.89. The molecule has 0 aliphatic heterocycles. The lowest BCUT2D eigenvalue weighted by atomic mass is 9.87. The minimum absolute atomic E-state index is 0.0305. The molecule has 1 aromatic rings. The van der Waals surface area contributed by atoms with Gasteiger partial charge in [-0.25, -0.2) is 4.79 Å². The molecule has 4 heteroatoms. The van der Waals surface area contributed by atoms with Crippen molar-refractivity contribution in [3.05, 3.63) is 35.9 Å². The van der Waals surface area contributed by atoms with Crippen molar-refractivity contribution >= 4 is 6.09 Å². The van der Waals surface area contributed by atoms with Gasteiger partial charge in [-0.3, -0.25) is 0 Å². The van der Waals surface area contributed by atoms with Gasteiger partial charge >= 0.3 is 6.09 Å². The first-order valence-electron chi connectivity index (χ1n) is 7.61. The quantitative estimate of drug-likeness (QED) is 0.873. The number of ether oxygens (including phenoxy) is 1. The average molecular weight is 290 g/mol. The van der Waals surface area contributed by atoms with Crippen LogP contribution in [0.15, 0.2) is 30.3 Å².